The molecule has 1 aromatic carbocycles. The number of aryl methyl sites for hydroxylation is 1. The van der Waals surface area contributed by atoms with E-state index in [0.29, 0.717) is 13.0 Å². The van der Waals surface area contributed by atoms with Crippen LogP contribution < -0.4 is 10.6 Å². The second kappa shape index (κ2) is 7.76. The Balaban J connectivity index is 1.52. The number of urea groups is 1. The highest BCUT2D eigenvalue weighted by Crippen LogP contribution is 2.30. The molecule has 0 fully saturated rings. The highest BCUT2D eigenvalue weighted by molar-refractivity contribution is 5.89. The Morgan fingerprint density at radius 2 is 2.04 bits per heavy atom. The molecule has 0 saturated carbocycles. The van der Waals surface area contributed by atoms with Crippen molar-refractivity contribution in [2.24, 2.45) is 0 Å². The Kier molecular flexibility index (Phi) is 5.43. The number of carbonyl (C=O) groups is 1. The van der Waals surface area contributed by atoms with Crippen LogP contribution in [0.4, 0.5) is 23.7 Å². The summed E-state index contributed by atoms with van der Waals surface area (Å²) in [5, 5.41) is 13.4. The maximum Gasteiger partial charge on any atom is 0.416 e. The molecule has 1 aromatic heterocycles. The molecule has 0 bridgehead atoms. The SMILES string of the molecule is O=C(NCCc1nnc2n1CCCCC2)Nc1cccc(C(F)(F)F)c1. The number of hydrogen-bond acceptors (Lipinski definition) is 3. The standard InChI is InChI=1S/C17H20F3N5O/c18-17(19,20)12-5-4-6-13(11-12)22-16(26)21-9-8-15-24-23-14-7-2-1-3-10-25(14)15/h4-6,11H,1-3,7-10H2,(H2,21,22,26). The monoisotopic (exact) mass is 367 g/mol. The van der Waals surface area contributed by atoms with Crippen LogP contribution in [0.3, 0.4) is 0 Å². The first-order chi connectivity index (χ1) is 12.4. The molecule has 0 atom stereocenters. The maximum atomic E-state index is 12.7. The Labute approximate surface area is 148 Å². The molecule has 0 spiro atoms. The fourth-order valence-corrected chi connectivity index (χ4v) is 2.97. The van der Waals surface area contributed by atoms with Gasteiger partial charge in [-0.05, 0) is 31.0 Å². The predicted molar refractivity (Wildman–Crippen MR) is 89.7 cm³/mol. The van der Waals surface area contributed by atoms with Gasteiger partial charge in [0, 0.05) is 31.6 Å². The summed E-state index contributed by atoms with van der Waals surface area (Å²) in [7, 11) is 0. The van der Waals surface area contributed by atoms with E-state index in [1.807, 2.05) is 0 Å². The van der Waals surface area contributed by atoms with Crippen molar-refractivity contribution in [1.29, 1.82) is 0 Å². The van der Waals surface area contributed by atoms with Crippen molar-refractivity contribution in [3.8, 4) is 0 Å². The van der Waals surface area contributed by atoms with Gasteiger partial charge in [-0.2, -0.15) is 13.2 Å². The minimum absolute atomic E-state index is 0.0914. The Morgan fingerprint density at radius 3 is 2.85 bits per heavy atom. The number of fused-ring (bicyclic) bond motifs is 1. The number of amides is 2. The molecule has 1 aliphatic rings. The topological polar surface area (TPSA) is 71.8 Å². The second-order valence-electron chi connectivity index (χ2n) is 6.20. The number of nitrogens with zero attached hydrogens (tertiary/aromatic N) is 3. The number of hydrogen-bond donors (Lipinski definition) is 2. The minimum Gasteiger partial charge on any atom is -0.337 e. The molecule has 0 aliphatic carbocycles. The van der Waals surface area contributed by atoms with Crippen LogP contribution in [-0.2, 0) is 25.6 Å². The maximum absolute atomic E-state index is 12.7. The molecule has 1 aliphatic heterocycles. The number of anilines is 1. The van der Waals surface area contributed by atoms with Crippen molar-refractivity contribution in [2.45, 2.75) is 44.8 Å². The van der Waals surface area contributed by atoms with Crippen LogP contribution in [0.5, 0.6) is 0 Å². The molecule has 0 radical (unpaired) electrons. The summed E-state index contributed by atoms with van der Waals surface area (Å²) in [5.41, 5.74) is -0.713. The number of aromatic nitrogens is 3. The molecular weight excluding hydrogens is 347 g/mol. The third-order valence-electron chi connectivity index (χ3n) is 4.27. The molecule has 9 heteroatoms. The summed E-state index contributed by atoms with van der Waals surface area (Å²) < 4.78 is 40.2. The van der Waals surface area contributed by atoms with Crippen LogP contribution in [-0.4, -0.2) is 27.3 Å². The fourth-order valence-electron chi connectivity index (χ4n) is 2.97. The number of benzene rings is 1. The van der Waals surface area contributed by atoms with E-state index >= 15 is 0 Å². The van der Waals surface area contributed by atoms with Gasteiger partial charge in [0.15, 0.2) is 0 Å². The van der Waals surface area contributed by atoms with Crippen LogP contribution >= 0.6 is 0 Å². The Hall–Kier alpha value is -2.58. The van der Waals surface area contributed by atoms with Gasteiger partial charge in [-0.1, -0.05) is 12.5 Å². The molecule has 6 nitrogen and oxygen atoms in total. The zero-order chi connectivity index (χ0) is 18.6. The van der Waals surface area contributed by atoms with Crippen molar-refractivity contribution in [3.63, 3.8) is 0 Å². The van der Waals surface area contributed by atoms with Gasteiger partial charge in [0.1, 0.15) is 11.6 Å². The summed E-state index contributed by atoms with van der Waals surface area (Å²) in [6, 6.07) is 3.97. The number of carbonyl (C=O) groups excluding carboxylic acids is 1. The van der Waals surface area contributed by atoms with Crippen molar-refractivity contribution in [2.75, 3.05) is 11.9 Å². The van der Waals surface area contributed by atoms with Gasteiger partial charge < -0.3 is 15.2 Å². The van der Waals surface area contributed by atoms with Crippen molar-refractivity contribution < 1.29 is 18.0 Å². The lowest BCUT2D eigenvalue weighted by atomic mass is 10.2. The van der Waals surface area contributed by atoms with E-state index in [1.54, 1.807) is 0 Å². The first-order valence-corrected chi connectivity index (χ1v) is 8.56. The minimum atomic E-state index is -4.44. The molecule has 0 unspecified atom stereocenters. The number of halogens is 3. The molecular formula is C17H20F3N5O. The molecule has 3 rings (SSSR count). The molecule has 26 heavy (non-hydrogen) atoms. The van der Waals surface area contributed by atoms with E-state index in [-0.39, 0.29) is 5.69 Å². The third kappa shape index (κ3) is 4.53. The van der Waals surface area contributed by atoms with Gasteiger partial charge in [0.2, 0.25) is 0 Å². The van der Waals surface area contributed by atoms with Gasteiger partial charge in [-0.3, -0.25) is 0 Å². The van der Waals surface area contributed by atoms with Gasteiger partial charge >= 0.3 is 12.2 Å². The lowest BCUT2D eigenvalue weighted by molar-refractivity contribution is -0.137. The molecule has 2 amide bonds. The van der Waals surface area contributed by atoms with E-state index in [2.05, 4.69) is 25.4 Å². The molecule has 2 aromatic rings. The first-order valence-electron chi connectivity index (χ1n) is 8.56. The smallest absolute Gasteiger partial charge is 0.337 e. The number of alkyl halides is 3. The summed E-state index contributed by atoms with van der Waals surface area (Å²) in [5.74, 6) is 1.80. The normalized spacial score (nSPS) is 14.4. The molecule has 0 saturated heterocycles. The third-order valence-corrected chi connectivity index (χ3v) is 4.27. The van der Waals surface area contributed by atoms with Crippen LogP contribution in [0, 0.1) is 0 Å². The zero-order valence-electron chi connectivity index (χ0n) is 14.1. The highest BCUT2D eigenvalue weighted by atomic mass is 19.4. The highest BCUT2D eigenvalue weighted by Gasteiger charge is 2.30. The molecule has 2 N–H and O–H groups in total. The van der Waals surface area contributed by atoms with E-state index in [9.17, 15) is 18.0 Å². The van der Waals surface area contributed by atoms with E-state index in [4.69, 9.17) is 0 Å². The van der Waals surface area contributed by atoms with Crippen LogP contribution in [0.1, 0.15) is 36.5 Å². The van der Waals surface area contributed by atoms with Crippen LogP contribution in [0.2, 0.25) is 0 Å². The van der Waals surface area contributed by atoms with E-state index in [1.165, 1.54) is 18.6 Å². The van der Waals surface area contributed by atoms with Crippen molar-refractivity contribution in [1.82, 2.24) is 20.1 Å². The summed E-state index contributed by atoms with van der Waals surface area (Å²) >= 11 is 0. The lowest BCUT2D eigenvalue weighted by Crippen LogP contribution is -2.31. The zero-order valence-corrected chi connectivity index (χ0v) is 14.1. The van der Waals surface area contributed by atoms with E-state index in [0.717, 1.165) is 49.6 Å². The summed E-state index contributed by atoms with van der Waals surface area (Å²) in [6.45, 7) is 1.21. The van der Waals surface area contributed by atoms with E-state index < -0.39 is 17.8 Å². The summed E-state index contributed by atoms with van der Waals surface area (Å²) in [6.07, 6.45) is 0.344. The van der Waals surface area contributed by atoms with Gasteiger partial charge in [0.25, 0.3) is 0 Å². The summed E-state index contributed by atoms with van der Waals surface area (Å²) in [4.78, 5) is 11.9. The second-order valence-corrected chi connectivity index (χ2v) is 6.20. The first kappa shape index (κ1) is 18.2. The average Bonchev–Trinajstić information content (AvgIpc) is 2.82. The molecule has 2 heterocycles. The van der Waals surface area contributed by atoms with Gasteiger partial charge in [-0.15, -0.1) is 10.2 Å². The quantitative estimate of drug-likeness (QED) is 0.870. The Bertz CT molecular complexity index is 772. The fraction of sp³-hybridized carbons (Fsp3) is 0.471. The molecule has 140 valence electrons. The van der Waals surface area contributed by atoms with Crippen molar-refractivity contribution >= 4 is 11.7 Å². The average molecular weight is 367 g/mol. The van der Waals surface area contributed by atoms with Crippen LogP contribution in [0.15, 0.2) is 24.3 Å². The number of rotatable bonds is 4. The number of nitrogens with one attached hydrogen (secondary N) is 2. The van der Waals surface area contributed by atoms with Crippen LogP contribution in [0.25, 0.3) is 0 Å². The van der Waals surface area contributed by atoms with Gasteiger partial charge in [-0.25, -0.2) is 4.79 Å². The van der Waals surface area contributed by atoms with Gasteiger partial charge in [0.05, 0.1) is 5.56 Å². The predicted octanol–water partition coefficient (Wildman–Crippen LogP) is 3.39. The van der Waals surface area contributed by atoms with Crippen molar-refractivity contribution in [3.05, 3.63) is 41.5 Å². The lowest BCUT2D eigenvalue weighted by Gasteiger charge is -2.11. The largest absolute Gasteiger partial charge is 0.416 e. The Morgan fingerprint density at radius 1 is 1.19 bits per heavy atom.